The number of hydrogen-bond acceptors (Lipinski definition) is 2. The maximum atomic E-state index is 14.2. The lowest BCUT2D eigenvalue weighted by Crippen LogP contribution is -2.03. The maximum Gasteiger partial charge on any atom is 0.159 e. The number of benzene rings is 2. The van der Waals surface area contributed by atoms with Crippen LogP contribution in [0.15, 0.2) is 42.6 Å². The third-order valence-electron chi connectivity index (χ3n) is 3.81. The summed E-state index contributed by atoms with van der Waals surface area (Å²) in [4.78, 5) is 4.30. The lowest BCUT2D eigenvalue weighted by atomic mass is 10.0. The molecule has 0 spiro atoms. The Labute approximate surface area is 134 Å². The van der Waals surface area contributed by atoms with Crippen molar-refractivity contribution in [3.8, 4) is 23.1 Å². The molecule has 0 aliphatic carbocycles. The Morgan fingerprint density at radius 2 is 1.74 bits per heavy atom. The third kappa shape index (κ3) is 2.62. The standard InChI is InChI=1S/C19H16FN3/c1-12-8-13(2)18(14(3)9-12)23-11-15(10-21)22-19(23)16-6-4-5-7-17(16)20/h4-9,11H,1-3H3. The van der Waals surface area contributed by atoms with E-state index in [4.69, 9.17) is 0 Å². The summed E-state index contributed by atoms with van der Waals surface area (Å²) in [5, 5.41) is 9.20. The van der Waals surface area contributed by atoms with Gasteiger partial charge in [0.1, 0.15) is 17.7 Å². The molecule has 1 aromatic heterocycles. The molecule has 0 amide bonds. The minimum absolute atomic E-state index is 0.266. The van der Waals surface area contributed by atoms with Crippen LogP contribution in [-0.2, 0) is 0 Å². The zero-order valence-corrected chi connectivity index (χ0v) is 13.3. The Bertz CT molecular complexity index is 909. The molecule has 0 fully saturated rings. The van der Waals surface area contributed by atoms with E-state index >= 15 is 0 Å². The van der Waals surface area contributed by atoms with Crippen LogP contribution >= 0.6 is 0 Å². The fourth-order valence-corrected chi connectivity index (χ4v) is 2.99. The molecule has 3 nitrogen and oxygen atoms in total. The Hall–Kier alpha value is -2.93. The van der Waals surface area contributed by atoms with Crippen molar-refractivity contribution in [1.29, 1.82) is 5.26 Å². The van der Waals surface area contributed by atoms with Crippen LogP contribution in [-0.4, -0.2) is 9.55 Å². The molecule has 0 saturated heterocycles. The number of rotatable bonds is 2. The number of imidazole rings is 1. The largest absolute Gasteiger partial charge is 0.298 e. The van der Waals surface area contributed by atoms with Crippen LogP contribution in [0, 0.1) is 37.9 Å². The normalized spacial score (nSPS) is 10.6. The highest BCUT2D eigenvalue weighted by atomic mass is 19.1. The van der Waals surface area contributed by atoms with E-state index < -0.39 is 0 Å². The molecule has 0 bridgehead atoms. The van der Waals surface area contributed by atoms with Crippen LogP contribution in [0.25, 0.3) is 17.1 Å². The zero-order chi connectivity index (χ0) is 16.6. The number of nitrogens with zero attached hydrogens (tertiary/aromatic N) is 3. The first-order valence-corrected chi connectivity index (χ1v) is 7.34. The van der Waals surface area contributed by atoms with Crippen molar-refractivity contribution in [2.24, 2.45) is 0 Å². The summed E-state index contributed by atoms with van der Waals surface area (Å²) in [6.45, 7) is 6.05. The number of nitriles is 1. The van der Waals surface area contributed by atoms with E-state index in [2.05, 4.69) is 17.1 Å². The monoisotopic (exact) mass is 305 g/mol. The van der Waals surface area contributed by atoms with Crippen molar-refractivity contribution in [2.75, 3.05) is 0 Å². The molecule has 114 valence electrons. The van der Waals surface area contributed by atoms with Gasteiger partial charge in [-0.15, -0.1) is 0 Å². The van der Waals surface area contributed by atoms with Gasteiger partial charge in [0.25, 0.3) is 0 Å². The first-order valence-electron chi connectivity index (χ1n) is 7.34. The molecule has 0 N–H and O–H groups in total. The van der Waals surface area contributed by atoms with Crippen molar-refractivity contribution in [1.82, 2.24) is 9.55 Å². The van der Waals surface area contributed by atoms with Crippen molar-refractivity contribution in [3.63, 3.8) is 0 Å². The van der Waals surface area contributed by atoms with Gasteiger partial charge < -0.3 is 0 Å². The summed E-state index contributed by atoms with van der Waals surface area (Å²) >= 11 is 0. The lowest BCUT2D eigenvalue weighted by molar-refractivity contribution is 0.629. The molecule has 23 heavy (non-hydrogen) atoms. The minimum Gasteiger partial charge on any atom is -0.298 e. The fourth-order valence-electron chi connectivity index (χ4n) is 2.99. The summed E-state index contributed by atoms with van der Waals surface area (Å²) in [7, 11) is 0. The molecular weight excluding hydrogens is 289 g/mol. The van der Waals surface area contributed by atoms with Crippen LogP contribution in [0.5, 0.6) is 0 Å². The molecule has 3 rings (SSSR count). The quantitative estimate of drug-likeness (QED) is 0.700. The van der Waals surface area contributed by atoms with Gasteiger partial charge >= 0.3 is 0 Å². The lowest BCUT2D eigenvalue weighted by Gasteiger charge is -2.15. The molecule has 4 heteroatoms. The summed E-state index contributed by atoms with van der Waals surface area (Å²) < 4.78 is 16.0. The molecule has 0 atom stereocenters. The predicted molar refractivity (Wildman–Crippen MR) is 87.9 cm³/mol. The summed E-state index contributed by atoms with van der Waals surface area (Å²) in [6, 6.07) is 12.7. The molecule has 0 aliphatic heterocycles. The smallest absolute Gasteiger partial charge is 0.159 e. The van der Waals surface area contributed by atoms with Crippen molar-refractivity contribution in [2.45, 2.75) is 20.8 Å². The molecule has 0 saturated carbocycles. The Kier molecular flexibility index (Phi) is 3.71. The first-order chi connectivity index (χ1) is 11.0. The second-order valence-electron chi connectivity index (χ2n) is 5.66. The van der Waals surface area contributed by atoms with E-state index in [0.717, 1.165) is 22.4 Å². The van der Waals surface area contributed by atoms with Gasteiger partial charge in [-0.3, -0.25) is 4.57 Å². The molecule has 0 unspecified atom stereocenters. The van der Waals surface area contributed by atoms with E-state index in [1.165, 1.54) is 6.07 Å². The number of aryl methyl sites for hydroxylation is 3. The highest BCUT2D eigenvalue weighted by Crippen LogP contribution is 2.29. The Morgan fingerprint density at radius 1 is 1.09 bits per heavy atom. The number of aromatic nitrogens is 2. The van der Waals surface area contributed by atoms with Crippen molar-refractivity contribution < 1.29 is 4.39 Å². The third-order valence-corrected chi connectivity index (χ3v) is 3.81. The first kappa shape index (κ1) is 15.0. The SMILES string of the molecule is Cc1cc(C)c(-n2cc(C#N)nc2-c2ccccc2F)c(C)c1. The van der Waals surface area contributed by atoms with Crippen LogP contribution in [0.4, 0.5) is 4.39 Å². The average Bonchev–Trinajstić information content (AvgIpc) is 2.90. The summed E-state index contributed by atoms with van der Waals surface area (Å²) in [5.41, 5.74) is 4.86. The summed E-state index contributed by atoms with van der Waals surface area (Å²) in [5.74, 6) is 0.0842. The van der Waals surface area contributed by atoms with Gasteiger partial charge in [-0.05, 0) is 44.0 Å². The second-order valence-corrected chi connectivity index (χ2v) is 5.66. The molecule has 3 aromatic rings. The van der Waals surface area contributed by atoms with Gasteiger partial charge in [-0.1, -0.05) is 29.8 Å². The van der Waals surface area contributed by atoms with Gasteiger partial charge in [0.15, 0.2) is 5.69 Å². The predicted octanol–water partition coefficient (Wildman–Crippen LogP) is 4.48. The van der Waals surface area contributed by atoms with Crippen LogP contribution in [0.3, 0.4) is 0 Å². The van der Waals surface area contributed by atoms with E-state index in [9.17, 15) is 9.65 Å². The second kappa shape index (κ2) is 5.69. The van der Waals surface area contributed by atoms with Gasteiger partial charge in [-0.25, -0.2) is 9.37 Å². The van der Waals surface area contributed by atoms with E-state index in [1.807, 2.05) is 26.8 Å². The molecule has 0 radical (unpaired) electrons. The van der Waals surface area contributed by atoms with Crippen LogP contribution < -0.4 is 0 Å². The number of hydrogen-bond donors (Lipinski definition) is 0. The van der Waals surface area contributed by atoms with Gasteiger partial charge in [0, 0.05) is 6.20 Å². The van der Waals surface area contributed by atoms with Crippen LogP contribution in [0.2, 0.25) is 0 Å². The molecular formula is C19H16FN3. The maximum absolute atomic E-state index is 14.2. The molecule has 1 heterocycles. The highest BCUT2D eigenvalue weighted by Gasteiger charge is 2.17. The topological polar surface area (TPSA) is 41.6 Å². The van der Waals surface area contributed by atoms with Gasteiger partial charge in [0.05, 0.1) is 11.3 Å². The Balaban J connectivity index is 2.32. The highest BCUT2D eigenvalue weighted by molar-refractivity contribution is 5.63. The zero-order valence-electron chi connectivity index (χ0n) is 13.3. The molecule has 0 aliphatic rings. The summed E-state index contributed by atoms with van der Waals surface area (Å²) in [6.07, 6.45) is 1.66. The van der Waals surface area contributed by atoms with E-state index in [-0.39, 0.29) is 11.5 Å². The number of halogens is 1. The van der Waals surface area contributed by atoms with Gasteiger partial charge in [0.2, 0.25) is 0 Å². The van der Waals surface area contributed by atoms with Crippen LogP contribution in [0.1, 0.15) is 22.4 Å². The fraction of sp³-hybridized carbons (Fsp3) is 0.158. The van der Waals surface area contributed by atoms with Crippen molar-refractivity contribution >= 4 is 0 Å². The van der Waals surface area contributed by atoms with Gasteiger partial charge in [-0.2, -0.15) is 5.26 Å². The van der Waals surface area contributed by atoms with E-state index in [1.54, 1.807) is 29.0 Å². The van der Waals surface area contributed by atoms with E-state index in [0.29, 0.717) is 11.4 Å². The minimum atomic E-state index is -0.355. The average molecular weight is 305 g/mol. The molecule has 2 aromatic carbocycles. The van der Waals surface area contributed by atoms with Crippen molar-refractivity contribution in [3.05, 3.63) is 70.8 Å². The Morgan fingerprint density at radius 3 is 2.35 bits per heavy atom.